The summed E-state index contributed by atoms with van der Waals surface area (Å²) in [5.41, 5.74) is 0.221. The summed E-state index contributed by atoms with van der Waals surface area (Å²) in [5.74, 6) is -0.0123. The van der Waals surface area contributed by atoms with E-state index in [4.69, 9.17) is 4.74 Å². The van der Waals surface area contributed by atoms with Crippen molar-refractivity contribution in [3.8, 4) is 17.0 Å². The second kappa shape index (κ2) is 8.95. The number of nitrogens with one attached hydrogen (secondary N) is 1. The highest BCUT2D eigenvalue weighted by Crippen LogP contribution is 2.34. The monoisotopic (exact) mass is 419 g/mol. The van der Waals surface area contributed by atoms with Crippen LogP contribution in [0.5, 0.6) is 5.75 Å². The lowest BCUT2D eigenvalue weighted by atomic mass is 10.1. The number of carbonyl (C=O) groups excluding carboxylic acids is 1. The van der Waals surface area contributed by atoms with E-state index in [2.05, 4.69) is 15.5 Å². The number of nitrogens with zero attached hydrogens (tertiary/aromatic N) is 2. The number of anilines is 1. The number of halogens is 3. The summed E-state index contributed by atoms with van der Waals surface area (Å²) in [7, 11) is 1.56. The summed E-state index contributed by atoms with van der Waals surface area (Å²) < 4.78 is 44.3. The zero-order valence-electron chi connectivity index (χ0n) is 15.2. The second-order valence-electron chi connectivity index (χ2n) is 5.84. The first-order chi connectivity index (χ1) is 13.9. The van der Waals surface area contributed by atoms with Crippen molar-refractivity contribution in [2.75, 3.05) is 18.2 Å². The van der Waals surface area contributed by atoms with E-state index in [-0.39, 0.29) is 11.4 Å². The average Bonchev–Trinajstić information content (AvgIpc) is 2.72. The van der Waals surface area contributed by atoms with Gasteiger partial charge in [-0.15, -0.1) is 10.2 Å². The lowest BCUT2D eigenvalue weighted by Gasteiger charge is -2.13. The first-order valence-electron chi connectivity index (χ1n) is 8.44. The number of hydrogen-bond donors (Lipinski definition) is 1. The SMILES string of the molecule is COc1ccccc1-c1ccc(SCC(=O)Nc2ccccc2C(F)(F)F)nn1. The second-order valence-corrected chi connectivity index (χ2v) is 6.83. The molecule has 5 nitrogen and oxygen atoms in total. The molecule has 0 aliphatic heterocycles. The lowest BCUT2D eigenvalue weighted by Crippen LogP contribution is -2.18. The van der Waals surface area contributed by atoms with Gasteiger partial charge in [-0.05, 0) is 36.4 Å². The Bertz CT molecular complexity index is 995. The van der Waals surface area contributed by atoms with Crippen LogP contribution < -0.4 is 10.1 Å². The Kier molecular flexibility index (Phi) is 6.38. The molecule has 0 unspecified atom stereocenters. The highest BCUT2D eigenvalue weighted by Gasteiger charge is 2.33. The Morgan fingerprint density at radius 1 is 1.03 bits per heavy atom. The molecule has 0 atom stereocenters. The molecule has 0 radical (unpaired) electrons. The van der Waals surface area contributed by atoms with E-state index in [1.54, 1.807) is 19.2 Å². The molecule has 3 aromatic rings. The van der Waals surface area contributed by atoms with Crippen LogP contribution in [-0.4, -0.2) is 29.0 Å². The van der Waals surface area contributed by atoms with Crippen LogP contribution in [0.1, 0.15) is 5.56 Å². The van der Waals surface area contributed by atoms with Gasteiger partial charge in [0.05, 0.1) is 29.8 Å². The quantitative estimate of drug-likeness (QED) is 0.576. The number of ether oxygens (including phenoxy) is 1. The first-order valence-corrected chi connectivity index (χ1v) is 9.43. The van der Waals surface area contributed by atoms with E-state index < -0.39 is 17.6 Å². The molecular formula is C20H16F3N3O2S. The molecule has 1 amide bonds. The van der Waals surface area contributed by atoms with Gasteiger partial charge in [0.2, 0.25) is 5.91 Å². The number of aromatic nitrogens is 2. The molecule has 29 heavy (non-hydrogen) atoms. The maximum absolute atomic E-state index is 13.0. The predicted octanol–water partition coefficient (Wildman–Crippen LogP) is 4.90. The van der Waals surface area contributed by atoms with Gasteiger partial charge in [-0.25, -0.2) is 0 Å². The van der Waals surface area contributed by atoms with Crippen molar-refractivity contribution in [2.24, 2.45) is 0 Å². The normalized spacial score (nSPS) is 11.2. The molecule has 1 heterocycles. The van der Waals surface area contributed by atoms with Gasteiger partial charge in [-0.1, -0.05) is 36.0 Å². The number of carbonyl (C=O) groups is 1. The van der Waals surface area contributed by atoms with Gasteiger partial charge in [0.25, 0.3) is 0 Å². The highest BCUT2D eigenvalue weighted by atomic mass is 32.2. The van der Waals surface area contributed by atoms with E-state index in [0.717, 1.165) is 23.4 Å². The van der Waals surface area contributed by atoms with Gasteiger partial charge in [-0.2, -0.15) is 13.2 Å². The molecule has 1 aromatic heterocycles. The van der Waals surface area contributed by atoms with Crippen molar-refractivity contribution in [1.82, 2.24) is 10.2 Å². The zero-order chi connectivity index (χ0) is 20.9. The summed E-state index contributed by atoms with van der Waals surface area (Å²) in [6.07, 6.45) is -4.54. The van der Waals surface area contributed by atoms with Crippen LogP contribution in [0.15, 0.2) is 65.7 Å². The van der Waals surface area contributed by atoms with Crippen LogP contribution in [0.4, 0.5) is 18.9 Å². The number of alkyl halides is 3. The summed E-state index contributed by atoms with van der Waals surface area (Å²) in [4.78, 5) is 12.1. The fourth-order valence-corrected chi connectivity index (χ4v) is 3.18. The maximum Gasteiger partial charge on any atom is 0.418 e. The number of amides is 1. The molecule has 3 rings (SSSR count). The molecule has 0 saturated carbocycles. The van der Waals surface area contributed by atoms with Crippen molar-refractivity contribution in [3.63, 3.8) is 0 Å². The number of hydrogen-bond acceptors (Lipinski definition) is 5. The minimum Gasteiger partial charge on any atom is -0.496 e. The van der Waals surface area contributed by atoms with Crippen molar-refractivity contribution in [2.45, 2.75) is 11.2 Å². The van der Waals surface area contributed by atoms with Crippen LogP contribution in [0.3, 0.4) is 0 Å². The molecule has 2 aromatic carbocycles. The van der Waals surface area contributed by atoms with Crippen LogP contribution in [0, 0.1) is 0 Å². The van der Waals surface area contributed by atoms with Gasteiger partial charge in [-0.3, -0.25) is 4.79 Å². The van der Waals surface area contributed by atoms with Crippen LogP contribution in [-0.2, 0) is 11.0 Å². The molecule has 150 valence electrons. The molecule has 0 saturated heterocycles. The predicted molar refractivity (Wildman–Crippen MR) is 105 cm³/mol. The minimum atomic E-state index is -4.54. The van der Waals surface area contributed by atoms with Crippen LogP contribution in [0.2, 0.25) is 0 Å². The standard InChI is InChI=1S/C20H16F3N3O2S/c1-28-17-9-5-2-6-13(17)15-10-11-19(26-25-15)29-12-18(27)24-16-8-4-3-7-14(16)20(21,22)23/h2-11H,12H2,1H3,(H,24,27). The van der Waals surface area contributed by atoms with E-state index in [1.165, 1.54) is 18.2 Å². The summed E-state index contributed by atoms with van der Waals surface area (Å²) >= 11 is 1.08. The third-order valence-corrected chi connectivity index (χ3v) is 4.80. The molecule has 0 bridgehead atoms. The highest BCUT2D eigenvalue weighted by molar-refractivity contribution is 7.99. The Morgan fingerprint density at radius 2 is 1.76 bits per heavy atom. The molecule has 0 aliphatic carbocycles. The van der Waals surface area contributed by atoms with Crippen LogP contribution >= 0.6 is 11.8 Å². The number of rotatable bonds is 6. The Hall–Kier alpha value is -3.07. The average molecular weight is 419 g/mol. The molecule has 0 fully saturated rings. The van der Waals surface area contributed by atoms with Crippen LogP contribution in [0.25, 0.3) is 11.3 Å². The third-order valence-electron chi connectivity index (χ3n) is 3.88. The van der Waals surface area contributed by atoms with Crippen molar-refractivity contribution in [1.29, 1.82) is 0 Å². The van der Waals surface area contributed by atoms with Crippen molar-refractivity contribution in [3.05, 3.63) is 66.2 Å². The third kappa shape index (κ3) is 5.26. The number of benzene rings is 2. The van der Waals surface area contributed by atoms with E-state index in [9.17, 15) is 18.0 Å². The molecular weight excluding hydrogens is 403 g/mol. The lowest BCUT2D eigenvalue weighted by molar-refractivity contribution is -0.137. The smallest absolute Gasteiger partial charge is 0.418 e. The van der Waals surface area contributed by atoms with E-state index in [1.807, 2.05) is 24.3 Å². The molecule has 9 heteroatoms. The summed E-state index contributed by atoms with van der Waals surface area (Å²) in [5, 5.41) is 11.0. The number of para-hydroxylation sites is 2. The molecule has 1 N–H and O–H groups in total. The fourth-order valence-electron chi connectivity index (χ4n) is 2.56. The topological polar surface area (TPSA) is 64.1 Å². The minimum absolute atomic E-state index is 0.102. The number of thioether (sulfide) groups is 1. The maximum atomic E-state index is 13.0. The summed E-state index contributed by atoms with van der Waals surface area (Å²) in [6, 6.07) is 15.6. The number of methoxy groups -OCH3 is 1. The fraction of sp³-hybridized carbons (Fsp3) is 0.150. The Balaban J connectivity index is 1.63. The van der Waals surface area contributed by atoms with Gasteiger partial charge in [0.15, 0.2) is 0 Å². The Morgan fingerprint density at radius 3 is 2.45 bits per heavy atom. The van der Waals surface area contributed by atoms with Gasteiger partial charge in [0, 0.05) is 5.56 Å². The van der Waals surface area contributed by atoms with Gasteiger partial charge < -0.3 is 10.1 Å². The van der Waals surface area contributed by atoms with E-state index in [0.29, 0.717) is 16.5 Å². The van der Waals surface area contributed by atoms with Crippen molar-refractivity contribution < 1.29 is 22.7 Å². The zero-order valence-corrected chi connectivity index (χ0v) is 16.1. The molecule has 0 spiro atoms. The Labute approximate surface area is 169 Å². The van der Waals surface area contributed by atoms with Gasteiger partial charge >= 0.3 is 6.18 Å². The van der Waals surface area contributed by atoms with E-state index >= 15 is 0 Å². The van der Waals surface area contributed by atoms with Gasteiger partial charge in [0.1, 0.15) is 10.8 Å². The summed E-state index contributed by atoms with van der Waals surface area (Å²) in [6.45, 7) is 0. The molecule has 0 aliphatic rings. The van der Waals surface area contributed by atoms with Crippen molar-refractivity contribution >= 4 is 23.4 Å². The largest absolute Gasteiger partial charge is 0.496 e. The first kappa shape index (κ1) is 20.7.